The SMILES string of the molecule is CC#CCN(C)CCNC(=O)C(C)(C)NC(=O)CCCc1ccc(Cc2cc([C@@H]3O[C@H](SC)[C@@H](O)[C@H](O)[C@H]3O)ccc2C)cc1. The molecule has 1 aliphatic heterocycles. The third kappa shape index (κ3) is 10.6. The Bertz CT molecular complexity index is 1340. The standard InChI is InChI=1S/C35H49N3O6S/c1-7-8-19-38(5)20-18-36-34(43)35(3,4)37-28(39)11-9-10-24-13-15-25(16-14-24)21-27-22-26(17-12-23(27)2)32-30(41)29(40)31(42)33(44-32)45-6/h12-17,22,29-33,40-42H,9-11,18-21H2,1-6H3,(H,36,43)(H,37,39)/t29-,30-,31+,32+,33-/m1/s1. The molecule has 1 aliphatic rings. The summed E-state index contributed by atoms with van der Waals surface area (Å²) in [5, 5.41) is 36.9. The Balaban J connectivity index is 1.48. The first-order chi connectivity index (χ1) is 21.4. The van der Waals surface area contributed by atoms with Crippen molar-refractivity contribution in [2.24, 2.45) is 0 Å². The van der Waals surface area contributed by atoms with Crippen LogP contribution in [-0.2, 0) is 27.2 Å². The van der Waals surface area contributed by atoms with E-state index in [1.807, 2.05) is 37.1 Å². The molecule has 0 saturated carbocycles. The van der Waals surface area contributed by atoms with Crippen molar-refractivity contribution < 1.29 is 29.6 Å². The largest absolute Gasteiger partial charge is 0.387 e. The van der Waals surface area contributed by atoms with E-state index in [1.54, 1.807) is 27.0 Å². The molecule has 1 fully saturated rings. The molecule has 0 spiro atoms. The number of hydrogen-bond donors (Lipinski definition) is 5. The van der Waals surface area contributed by atoms with Gasteiger partial charge in [0.25, 0.3) is 0 Å². The molecule has 0 unspecified atom stereocenters. The maximum Gasteiger partial charge on any atom is 0.245 e. The number of hydrogen-bond acceptors (Lipinski definition) is 8. The Kier molecular flexibility index (Phi) is 13.9. The molecule has 5 atom stereocenters. The van der Waals surface area contributed by atoms with Crippen LogP contribution in [0.15, 0.2) is 42.5 Å². The average molecular weight is 640 g/mol. The van der Waals surface area contributed by atoms with Crippen LogP contribution in [-0.4, -0.2) is 94.3 Å². The van der Waals surface area contributed by atoms with Crippen molar-refractivity contribution >= 4 is 23.6 Å². The van der Waals surface area contributed by atoms with Crippen molar-refractivity contribution in [2.45, 2.75) is 88.8 Å². The number of benzene rings is 2. The number of thioether (sulfide) groups is 1. The zero-order valence-electron chi connectivity index (χ0n) is 27.3. The summed E-state index contributed by atoms with van der Waals surface area (Å²) in [4.78, 5) is 27.3. The van der Waals surface area contributed by atoms with Gasteiger partial charge in [0.2, 0.25) is 11.8 Å². The number of carbonyl (C=O) groups is 2. The Hall–Kier alpha value is -2.91. The highest BCUT2D eigenvalue weighted by Crippen LogP contribution is 2.36. The normalized spacial score (nSPS) is 21.6. The van der Waals surface area contributed by atoms with Crippen LogP contribution in [0.25, 0.3) is 0 Å². The molecule has 246 valence electrons. The maximum absolute atomic E-state index is 12.6. The molecule has 9 nitrogen and oxygen atoms in total. The van der Waals surface area contributed by atoms with Gasteiger partial charge in [-0.1, -0.05) is 48.4 Å². The van der Waals surface area contributed by atoms with E-state index in [0.717, 1.165) is 34.2 Å². The first kappa shape index (κ1) is 36.6. The van der Waals surface area contributed by atoms with Gasteiger partial charge in [-0.2, -0.15) is 0 Å². The molecule has 3 rings (SSSR count). The number of nitrogens with one attached hydrogen (secondary N) is 2. The Morgan fingerprint density at radius 3 is 2.40 bits per heavy atom. The topological polar surface area (TPSA) is 131 Å². The molecule has 0 radical (unpaired) electrons. The van der Waals surface area contributed by atoms with Crippen LogP contribution in [0.1, 0.15) is 67.5 Å². The van der Waals surface area contributed by atoms with E-state index < -0.39 is 35.4 Å². The quantitative estimate of drug-likeness (QED) is 0.200. The second-order valence-electron chi connectivity index (χ2n) is 12.3. The van der Waals surface area contributed by atoms with Crippen LogP contribution in [0.4, 0.5) is 0 Å². The third-order valence-corrected chi connectivity index (χ3v) is 8.97. The van der Waals surface area contributed by atoms with Gasteiger partial charge in [0, 0.05) is 19.5 Å². The summed E-state index contributed by atoms with van der Waals surface area (Å²) in [6.07, 6.45) is -0.211. The van der Waals surface area contributed by atoms with Gasteiger partial charge >= 0.3 is 0 Å². The van der Waals surface area contributed by atoms with E-state index in [2.05, 4.69) is 46.7 Å². The average Bonchev–Trinajstić information content (AvgIpc) is 3.00. The fourth-order valence-corrected chi connectivity index (χ4v) is 5.89. The molecule has 0 aliphatic carbocycles. The summed E-state index contributed by atoms with van der Waals surface area (Å²) < 4.78 is 5.95. The van der Waals surface area contributed by atoms with Crippen molar-refractivity contribution in [3.63, 3.8) is 0 Å². The lowest BCUT2D eigenvalue weighted by Crippen LogP contribution is -2.55. The van der Waals surface area contributed by atoms with Gasteiger partial charge in [-0.25, -0.2) is 0 Å². The highest BCUT2D eigenvalue weighted by molar-refractivity contribution is 7.99. The number of aryl methyl sites for hydroxylation is 2. The van der Waals surface area contributed by atoms with Crippen LogP contribution in [0.3, 0.4) is 0 Å². The van der Waals surface area contributed by atoms with Crippen molar-refractivity contribution in [1.82, 2.24) is 15.5 Å². The van der Waals surface area contributed by atoms with Gasteiger partial charge in [0.1, 0.15) is 35.4 Å². The predicted molar refractivity (Wildman–Crippen MR) is 179 cm³/mol. The second kappa shape index (κ2) is 17.1. The summed E-state index contributed by atoms with van der Waals surface area (Å²) in [7, 11) is 1.94. The van der Waals surface area contributed by atoms with Crippen molar-refractivity contribution in [3.8, 4) is 11.8 Å². The minimum absolute atomic E-state index is 0.157. The Morgan fingerprint density at radius 2 is 1.73 bits per heavy atom. The first-order valence-corrected chi connectivity index (χ1v) is 16.7. The van der Waals surface area contributed by atoms with Gasteiger partial charge in [0.15, 0.2) is 0 Å². The summed E-state index contributed by atoms with van der Waals surface area (Å²) in [5.74, 6) is 5.47. The number of likely N-dealkylation sites (N-methyl/N-ethyl adjacent to an activating group) is 1. The van der Waals surface area contributed by atoms with Crippen LogP contribution in [0.5, 0.6) is 0 Å². The molecule has 1 heterocycles. The van der Waals surface area contributed by atoms with Crippen LogP contribution < -0.4 is 10.6 Å². The molecule has 10 heteroatoms. The summed E-state index contributed by atoms with van der Waals surface area (Å²) in [6.45, 7) is 9.04. The smallest absolute Gasteiger partial charge is 0.245 e. The molecular formula is C35H49N3O6S. The van der Waals surface area contributed by atoms with Crippen molar-refractivity contribution in [2.75, 3.05) is 32.9 Å². The van der Waals surface area contributed by atoms with Gasteiger partial charge in [-0.05, 0) is 88.1 Å². The molecule has 2 amide bonds. The minimum Gasteiger partial charge on any atom is -0.387 e. The number of aliphatic hydroxyl groups excluding tert-OH is 3. The predicted octanol–water partition coefficient (Wildman–Crippen LogP) is 2.72. The van der Waals surface area contributed by atoms with E-state index in [1.165, 1.54) is 11.8 Å². The number of nitrogens with zero attached hydrogens (tertiary/aromatic N) is 1. The van der Waals surface area contributed by atoms with E-state index >= 15 is 0 Å². The monoisotopic (exact) mass is 639 g/mol. The lowest BCUT2D eigenvalue weighted by Gasteiger charge is -2.40. The van der Waals surface area contributed by atoms with Crippen LogP contribution in [0.2, 0.25) is 0 Å². The van der Waals surface area contributed by atoms with E-state index in [0.29, 0.717) is 38.9 Å². The van der Waals surface area contributed by atoms with Crippen molar-refractivity contribution in [3.05, 3.63) is 70.3 Å². The molecule has 2 aromatic rings. The van der Waals surface area contributed by atoms with Gasteiger partial charge < -0.3 is 30.7 Å². The van der Waals surface area contributed by atoms with E-state index in [4.69, 9.17) is 4.74 Å². The number of carbonyl (C=O) groups excluding carboxylic acids is 2. The van der Waals surface area contributed by atoms with Gasteiger partial charge in [0.05, 0.1) is 6.54 Å². The molecule has 2 aromatic carbocycles. The van der Waals surface area contributed by atoms with Crippen LogP contribution >= 0.6 is 11.8 Å². The summed E-state index contributed by atoms with van der Waals surface area (Å²) in [5.41, 5.74) is 3.56. The summed E-state index contributed by atoms with van der Waals surface area (Å²) in [6, 6.07) is 14.2. The van der Waals surface area contributed by atoms with Gasteiger partial charge in [-0.15, -0.1) is 17.7 Å². The fraction of sp³-hybridized carbons (Fsp3) is 0.543. The first-order valence-electron chi connectivity index (χ1n) is 15.4. The molecule has 5 N–H and O–H groups in total. The lowest BCUT2D eigenvalue weighted by atomic mass is 9.91. The van der Waals surface area contributed by atoms with E-state index in [9.17, 15) is 24.9 Å². The lowest BCUT2D eigenvalue weighted by molar-refractivity contribution is -0.200. The molecule has 0 aromatic heterocycles. The minimum atomic E-state index is -1.29. The highest BCUT2D eigenvalue weighted by atomic mass is 32.2. The molecule has 1 saturated heterocycles. The number of rotatable bonds is 14. The Labute approximate surface area is 272 Å². The number of ether oxygens (including phenoxy) is 1. The van der Waals surface area contributed by atoms with Gasteiger partial charge in [-0.3, -0.25) is 14.5 Å². The van der Waals surface area contributed by atoms with Crippen LogP contribution in [0, 0.1) is 18.8 Å². The summed E-state index contributed by atoms with van der Waals surface area (Å²) >= 11 is 1.30. The zero-order chi connectivity index (χ0) is 33.1. The van der Waals surface area contributed by atoms with Crippen molar-refractivity contribution in [1.29, 1.82) is 0 Å². The maximum atomic E-state index is 12.6. The molecular weight excluding hydrogens is 590 g/mol. The van der Waals surface area contributed by atoms with E-state index in [-0.39, 0.29) is 11.8 Å². The number of amides is 2. The fourth-order valence-electron chi connectivity index (χ4n) is 5.22. The molecule has 45 heavy (non-hydrogen) atoms. The highest BCUT2D eigenvalue weighted by Gasteiger charge is 2.44. The molecule has 0 bridgehead atoms. The zero-order valence-corrected chi connectivity index (χ0v) is 28.1. The third-order valence-electron chi connectivity index (χ3n) is 8.11. The number of aliphatic hydroxyl groups is 3. The Morgan fingerprint density at radius 1 is 1.04 bits per heavy atom. The second-order valence-corrected chi connectivity index (χ2v) is 13.2.